The molecule has 0 fully saturated rings. The molecule has 0 aliphatic heterocycles. The number of methoxy groups -OCH3 is 1. The van der Waals surface area contributed by atoms with Crippen LogP contribution in [0.3, 0.4) is 0 Å². The molecule has 2 aromatic heterocycles. The van der Waals surface area contributed by atoms with Gasteiger partial charge in [-0.2, -0.15) is 0 Å². The lowest BCUT2D eigenvalue weighted by Gasteiger charge is -2.13. The number of aromatic nitrogens is 4. The minimum absolute atomic E-state index is 0.0361. The molecule has 6 nitrogen and oxygen atoms in total. The van der Waals surface area contributed by atoms with Gasteiger partial charge < -0.3 is 4.74 Å². The number of ketones is 1. The van der Waals surface area contributed by atoms with Crippen LogP contribution < -0.4 is 4.74 Å². The fourth-order valence-electron chi connectivity index (χ4n) is 3.01. The molecule has 30 heavy (non-hydrogen) atoms. The molecule has 0 saturated heterocycles. The van der Waals surface area contributed by atoms with Gasteiger partial charge in [-0.3, -0.25) is 14.3 Å². The summed E-state index contributed by atoms with van der Waals surface area (Å²) >= 11 is 1.34. The number of nitrogens with zero attached hydrogens (tertiary/aromatic N) is 4. The smallest absolute Gasteiger partial charge is 0.196 e. The van der Waals surface area contributed by atoms with Crippen LogP contribution in [0.15, 0.2) is 78.1 Å². The average Bonchev–Trinajstić information content (AvgIpc) is 3.22. The van der Waals surface area contributed by atoms with Gasteiger partial charge in [0.2, 0.25) is 0 Å². The fourth-order valence-corrected chi connectivity index (χ4v) is 3.85. The molecule has 0 radical (unpaired) electrons. The van der Waals surface area contributed by atoms with Crippen molar-refractivity contribution >= 4 is 17.5 Å². The maximum atomic E-state index is 12.7. The summed E-state index contributed by atoms with van der Waals surface area (Å²) in [6, 6.07) is 20.8. The van der Waals surface area contributed by atoms with Crippen LogP contribution in [-0.2, 0) is 0 Å². The van der Waals surface area contributed by atoms with Gasteiger partial charge in [0, 0.05) is 11.8 Å². The number of hydrogen-bond donors (Lipinski definition) is 0. The summed E-state index contributed by atoms with van der Waals surface area (Å²) < 4.78 is 7.43. The van der Waals surface area contributed by atoms with Gasteiger partial charge >= 0.3 is 0 Å². The number of carbonyl (C=O) groups is 1. The molecule has 2 heterocycles. The maximum Gasteiger partial charge on any atom is 0.196 e. The first-order chi connectivity index (χ1) is 14.7. The lowest BCUT2D eigenvalue weighted by atomic mass is 10.1. The van der Waals surface area contributed by atoms with Gasteiger partial charge in [-0.1, -0.05) is 59.8 Å². The zero-order chi connectivity index (χ0) is 20.9. The third kappa shape index (κ3) is 4.11. The zero-order valence-electron chi connectivity index (χ0n) is 16.6. The number of carbonyl (C=O) groups excluding carboxylic acids is 1. The summed E-state index contributed by atoms with van der Waals surface area (Å²) in [6.07, 6.45) is 1.71. The molecule has 4 rings (SSSR count). The van der Waals surface area contributed by atoms with Crippen molar-refractivity contribution in [2.24, 2.45) is 0 Å². The van der Waals surface area contributed by atoms with E-state index in [1.54, 1.807) is 13.3 Å². The summed E-state index contributed by atoms with van der Waals surface area (Å²) in [7, 11) is 1.62. The fraction of sp³-hybridized carbons (Fsp3) is 0.130. The van der Waals surface area contributed by atoms with E-state index in [0.717, 1.165) is 11.3 Å². The summed E-state index contributed by atoms with van der Waals surface area (Å²) in [4.78, 5) is 17.1. The van der Waals surface area contributed by atoms with Crippen molar-refractivity contribution in [1.82, 2.24) is 19.7 Å². The van der Waals surface area contributed by atoms with Gasteiger partial charge in [0.15, 0.2) is 16.8 Å². The van der Waals surface area contributed by atoms with E-state index in [-0.39, 0.29) is 11.5 Å². The van der Waals surface area contributed by atoms with Crippen LogP contribution in [0.1, 0.15) is 15.9 Å². The average molecular weight is 417 g/mol. The van der Waals surface area contributed by atoms with Crippen molar-refractivity contribution in [1.29, 1.82) is 0 Å². The minimum Gasteiger partial charge on any atom is -0.495 e. The molecule has 0 amide bonds. The normalized spacial score (nSPS) is 10.7. The molecular formula is C23H20N4O2S. The maximum absolute atomic E-state index is 12.7. The monoisotopic (exact) mass is 416 g/mol. The van der Waals surface area contributed by atoms with E-state index in [2.05, 4.69) is 15.2 Å². The summed E-state index contributed by atoms with van der Waals surface area (Å²) in [5.41, 5.74) is 3.28. The van der Waals surface area contributed by atoms with E-state index in [1.165, 1.54) is 11.8 Å². The minimum atomic E-state index is 0.0361. The van der Waals surface area contributed by atoms with Crippen LogP contribution in [0.4, 0.5) is 0 Å². The van der Waals surface area contributed by atoms with Crippen LogP contribution in [-0.4, -0.2) is 38.4 Å². The molecule has 0 atom stereocenters. The largest absolute Gasteiger partial charge is 0.495 e. The highest BCUT2D eigenvalue weighted by Gasteiger charge is 2.20. The van der Waals surface area contributed by atoms with E-state index in [0.29, 0.717) is 28.0 Å². The van der Waals surface area contributed by atoms with Gasteiger partial charge in [-0.05, 0) is 31.2 Å². The Bertz CT molecular complexity index is 1160. The van der Waals surface area contributed by atoms with Crippen molar-refractivity contribution in [3.63, 3.8) is 0 Å². The number of rotatable bonds is 7. The van der Waals surface area contributed by atoms with Crippen LogP contribution in [0.25, 0.3) is 17.2 Å². The number of hydrogen-bond acceptors (Lipinski definition) is 6. The molecular weight excluding hydrogens is 396 g/mol. The van der Waals surface area contributed by atoms with Gasteiger partial charge in [-0.15, -0.1) is 10.2 Å². The van der Waals surface area contributed by atoms with Crippen molar-refractivity contribution < 1.29 is 9.53 Å². The predicted octanol–water partition coefficient (Wildman–Crippen LogP) is 4.62. The molecule has 0 aliphatic carbocycles. The van der Waals surface area contributed by atoms with Gasteiger partial charge in [0.1, 0.15) is 11.4 Å². The first-order valence-corrected chi connectivity index (χ1v) is 10.4. The van der Waals surface area contributed by atoms with E-state index < -0.39 is 0 Å². The lowest BCUT2D eigenvalue weighted by molar-refractivity contribution is 0.102. The molecule has 2 aromatic carbocycles. The second kappa shape index (κ2) is 8.92. The van der Waals surface area contributed by atoms with Gasteiger partial charge in [-0.25, -0.2) is 0 Å². The SMILES string of the molecule is COc1ccccc1-n1c(SCC(=O)c2ccc(C)cc2)nnc1-c1ccccn1. The molecule has 150 valence electrons. The van der Waals surface area contributed by atoms with Crippen LogP contribution in [0.5, 0.6) is 5.75 Å². The number of pyridine rings is 1. The molecule has 0 N–H and O–H groups in total. The molecule has 0 aliphatic rings. The first-order valence-electron chi connectivity index (χ1n) is 9.40. The third-order valence-electron chi connectivity index (χ3n) is 4.56. The van der Waals surface area contributed by atoms with E-state index in [1.807, 2.05) is 78.2 Å². The number of para-hydroxylation sites is 2. The van der Waals surface area contributed by atoms with E-state index in [4.69, 9.17) is 4.74 Å². The van der Waals surface area contributed by atoms with E-state index in [9.17, 15) is 4.79 Å². The topological polar surface area (TPSA) is 69.9 Å². The highest BCUT2D eigenvalue weighted by Crippen LogP contribution is 2.32. The number of thioether (sulfide) groups is 1. The zero-order valence-corrected chi connectivity index (χ0v) is 17.5. The standard InChI is InChI=1S/C23H20N4O2S/c1-16-10-12-17(13-11-16)20(28)15-30-23-26-25-22(18-7-5-6-14-24-18)27(23)19-8-3-4-9-21(19)29-2/h3-14H,15H2,1-2H3. The molecule has 0 spiro atoms. The molecule has 0 bridgehead atoms. The number of aryl methyl sites for hydroxylation is 1. The highest BCUT2D eigenvalue weighted by molar-refractivity contribution is 7.99. The highest BCUT2D eigenvalue weighted by atomic mass is 32.2. The lowest BCUT2D eigenvalue weighted by Crippen LogP contribution is -2.06. The second-order valence-corrected chi connectivity index (χ2v) is 7.55. The number of ether oxygens (including phenoxy) is 1. The van der Waals surface area contributed by atoms with Crippen molar-refractivity contribution in [2.45, 2.75) is 12.1 Å². The first kappa shape index (κ1) is 19.8. The Morgan fingerprint density at radius 2 is 1.77 bits per heavy atom. The Balaban J connectivity index is 1.70. The summed E-state index contributed by atoms with van der Waals surface area (Å²) in [6.45, 7) is 2.00. The quantitative estimate of drug-likeness (QED) is 0.323. The van der Waals surface area contributed by atoms with Gasteiger partial charge in [0.05, 0.1) is 18.6 Å². The Morgan fingerprint density at radius 1 is 1.00 bits per heavy atom. The second-order valence-electron chi connectivity index (χ2n) is 6.61. The predicted molar refractivity (Wildman–Crippen MR) is 117 cm³/mol. The van der Waals surface area contributed by atoms with E-state index >= 15 is 0 Å². The van der Waals surface area contributed by atoms with Crippen LogP contribution in [0.2, 0.25) is 0 Å². The number of benzene rings is 2. The van der Waals surface area contributed by atoms with Crippen molar-refractivity contribution in [3.8, 4) is 23.0 Å². The number of Topliss-reactive ketones (excluding diaryl/α,β-unsaturated/α-hetero) is 1. The molecule has 0 unspecified atom stereocenters. The molecule has 7 heteroatoms. The molecule has 0 saturated carbocycles. The summed E-state index contributed by atoms with van der Waals surface area (Å²) in [5.74, 6) is 1.55. The third-order valence-corrected chi connectivity index (χ3v) is 5.49. The Morgan fingerprint density at radius 3 is 2.50 bits per heavy atom. The van der Waals surface area contributed by atoms with Crippen molar-refractivity contribution in [3.05, 3.63) is 84.1 Å². The Kier molecular flexibility index (Phi) is 5.90. The van der Waals surface area contributed by atoms with Gasteiger partial charge in [0.25, 0.3) is 0 Å². The van der Waals surface area contributed by atoms with Crippen LogP contribution in [0, 0.1) is 6.92 Å². The Labute approximate surface area is 179 Å². The molecule has 4 aromatic rings. The Hall–Kier alpha value is -3.45. The van der Waals surface area contributed by atoms with Crippen LogP contribution >= 0.6 is 11.8 Å². The summed E-state index contributed by atoms with van der Waals surface area (Å²) in [5, 5.41) is 9.31. The van der Waals surface area contributed by atoms with Crippen molar-refractivity contribution in [2.75, 3.05) is 12.9 Å².